The summed E-state index contributed by atoms with van der Waals surface area (Å²) < 4.78 is 5.25. The summed E-state index contributed by atoms with van der Waals surface area (Å²) in [6, 6.07) is 0. The third-order valence-corrected chi connectivity index (χ3v) is 2.25. The van der Waals surface area contributed by atoms with Crippen molar-refractivity contribution in [3.63, 3.8) is 0 Å². The third-order valence-electron chi connectivity index (χ3n) is 2.25. The van der Waals surface area contributed by atoms with E-state index in [2.05, 4.69) is 20.8 Å². The molecule has 1 heterocycles. The van der Waals surface area contributed by atoms with Crippen molar-refractivity contribution in [3.8, 4) is 0 Å². The quantitative estimate of drug-likeness (QED) is 0.499. The van der Waals surface area contributed by atoms with E-state index in [1.54, 1.807) is 0 Å². The van der Waals surface area contributed by atoms with Crippen molar-refractivity contribution in [2.45, 2.75) is 32.8 Å². The van der Waals surface area contributed by atoms with Gasteiger partial charge >= 0.3 is 0 Å². The van der Waals surface area contributed by atoms with Crippen LogP contribution >= 0.6 is 0 Å². The third kappa shape index (κ3) is 0.873. The van der Waals surface area contributed by atoms with E-state index in [1.165, 1.54) is 6.42 Å². The van der Waals surface area contributed by atoms with Gasteiger partial charge in [0.05, 0.1) is 12.2 Å². The maximum Gasteiger partial charge on any atom is 0.0913 e. The topological polar surface area (TPSA) is 12.5 Å². The maximum absolute atomic E-state index is 5.25. The summed E-state index contributed by atoms with van der Waals surface area (Å²) >= 11 is 0. The number of epoxide rings is 1. The molecule has 1 fully saturated rings. The van der Waals surface area contributed by atoms with Crippen LogP contribution in [0.3, 0.4) is 0 Å². The molecule has 1 aliphatic heterocycles. The summed E-state index contributed by atoms with van der Waals surface area (Å²) in [4.78, 5) is 0. The minimum Gasteiger partial charge on any atom is -0.370 e. The Morgan fingerprint density at radius 3 is 2.38 bits per heavy atom. The van der Waals surface area contributed by atoms with Crippen molar-refractivity contribution in [1.29, 1.82) is 0 Å². The lowest BCUT2D eigenvalue weighted by molar-refractivity contribution is 0.243. The van der Waals surface area contributed by atoms with Crippen molar-refractivity contribution in [2.24, 2.45) is 5.92 Å². The smallest absolute Gasteiger partial charge is 0.0913 e. The maximum atomic E-state index is 5.25. The highest BCUT2D eigenvalue weighted by atomic mass is 16.6. The van der Waals surface area contributed by atoms with Crippen molar-refractivity contribution in [3.05, 3.63) is 0 Å². The summed E-state index contributed by atoms with van der Waals surface area (Å²) in [5.74, 6) is 0.738. The molecule has 1 rings (SSSR count). The molecule has 8 heavy (non-hydrogen) atoms. The molecule has 0 aromatic heterocycles. The summed E-state index contributed by atoms with van der Waals surface area (Å²) in [5.41, 5.74) is 0.259. The molecule has 1 nitrogen and oxygen atoms in total. The van der Waals surface area contributed by atoms with Gasteiger partial charge in [-0.1, -0.05) is 20.3 Å². The summed E-state index contributed by atoms with van der Waals surface area (Å²) in [6.07, 6.45) is 1.23. The van der Waals surface area contributed by atoms with E-state index in [1.807, 2.05) is 0 Å². The molecule has 2 atom stereocenters. The molecule has 1 heteroatoms. The van der Waals surface area contributed by atoms with E-state index in [9.17, 15) is 0 Å². The number of hydrogen-bond donors (Lipinski definition) is 0. The van der Waals surface area contributed by atoms with Crippen molar-refractivity contribution >= 4 is 0 Å². The first-order valence-electron chi connectivity index (χ1n) is 3.33. The first kappa shape index (κ1) is 6.09. The van der Waals surface area contributed by atoms with Crippen LogP contribution in [0.1, 0.15) is 27.2 Å². The van der Waals surface area contributed by atoms with Crippen LogP contribution in [-0.4, -0.2) is 12.2 Å². The van der Waals surface area contributed by atoms with Crippen LogP contribution in [0.25, 0.3) is 0 Å². The summed E-state index contributed by atoms with van der Waals surface area (Å²) in [5, 5.41) is 0. The van der Waals surface area contributed by atoms with Crippen LogP contribution in [0.5, 0.6) is 0 Å². The monoisotopic (exact) mass is 114 g/mol. The fraction of sp³-hybridized carbons (Fsp3) is 1.00. The van der Waals surface area contributed by atoms with Gasteiger partial charge in [0.15, 0.2) is 0 Å². The van der Waals surface area contributed by atoms with Crippen LogP contribution < -0.4 is 0 Å². The SMILES string of the molecule is CCC(C)C1(C)CO1. The Morgan fingerprint density at radius 1 is 1.75 bits per heavy atom. The Kier molecular flexibility index (Phi) is 1.31. The molecule has 0 aromatic carbocycles. The van der Waals surface area contributed by atoms with Gasteiger partial charge in [0.2, 0.25) is 0 Å². The zero-order valence-electron chi connectivity index (χ0n) is 5.90. The van der Waals surface area contributed by atoms with Crippen LogP contribution in [-0.2, 0) is 4.74 Å². The molecule has 1 saturated heterocycles. The van der Waals surface area contributed by atoms with Gasteiger partial charge in [-0.25, -0.2) is 0 Å². The average molecular weight is 114 g/mol. The highest BCUT2D eigenvalue weighted by molar-refractivity contribution is 4.90. The number of ether oxygens (including phenoxy) is 1. The average Bonchev–Trinajstić information content (AvgIpc) is 2.47. The van der Waals surface area contributed by atoms with Gasteiger partial charge in [0, 0.05) is 0 Å². The van der Waals surface area contributed by atoms with E-state index in [0.29, 0.717) is 0 Å². The van der Waals surface area contributed by atoms with Gasteiger partial charge in [0.25, 0.3) is 0 Å². The first-order valence-corrected chi connectivity index (χ1v) is 3.33. The van der Waals surface area contributed by atoms with Crippen LogP contribution in [0.2, 0.25) is 0 Å². The molecule has 0 radical (unpaired) electrons. The van der Waals surface area contributed by atoms with E-state index >= 15 is 0 Å². The van der Waals surface area contributed by atoms with Crippen molar-refractivity contribution in [1.82, 2.24) is 0 Å². The lowest BCUT2D eigenvalue weighted by atomic mass is 9.95. The standard InChI is InChI=1S/C7H14O/c1-4-6(2)7(3)5-8-7/h6H,4-5H2,1-3H3. The van der Waals surface area contributed by atoms with Gasteiger partial charge in [-0.05, 0) is 12.8 Å². The fourth-order valence-corrected chi connectivity index (χ4v) is 0.830. The van der Waals surface area contributed by atoms with Gasteiger partial charge in [-0.3, -0.25) is 0 Å². The van der Waals surface area contributed by atoms with Crippen molar-refractivity contribution in [2.75, 3.05) is 6.61 Å². The molecule has 0 saturated carbocycles. The fourth-order valence-electron chi connectivity index (χ4n) is 0.830. The molecule has 0 N–H and O–H groups in total. The Bertz CT molecular complexity index is 84.4. The van der Waals surface area contributed by atoms with Crippen LogP contribution in [0, 0.1) is 5.92 Å². The lowest BCUT2D eigenvalue weighted by Crippen LogP contribution is -2.15. The predicted octanol–water partition coefficient (Wildman–Crippen LogP) is 1.82. The normalized spacial score (nSPS) is 39.4. The zero-order chi connectivity index (χ0) is 6.20. The molecule has 0 aliphatic carbocycles. The largest absolute Gasteiger partial charge is 0.370 e. The van der Waals surface area contributed by atoms with Gasteiger partial charge in [0.1, 0.15) is 0 Å². The van der Waals surface area contributed by atoms with Gasteiger partial charge in [-0.15, -0.1) is 0 Å². The summed E-state index contributed by atoms with van der Waals surface area (Å²) in [7, 11) is 0. The second-order valence-electron chi connectivity index (χ2n) is 2.91. The zero-order valence-corrected chi connectivity index (χ0v) is 5.90. The molecule has 0 bridgehead atoms. The molecule has 0 aromatic rings. The molecular weight excluding hydrogens is 100 g/mol. The summed E-state index contributed by atoms with van der Waals surface area (Å²) in [6.45, 7) is 7.60. The highest BCUT2D eigenvalue weighted by Crippen LogP contribution is 2.35. The van der Waals surface area contributed by atoms with Crippen LogP contribution in [0.4, 0.5) is 0 Å². The Hall–Kier alpha value is -0.0400. The minimum absolute atomic E-state index is 0.259. The first-order chi connectivity index (χ1) is 3.69. The van der Waals surface area contributed by atoms with E-state index in [4.69, 9.17) is 4.74 Å². The lowest BCUT2D eigenvalue weighted by Gasteiger charge is -2.11. The number of hydrogen-bond acceptors (Lipinski definition) is 1. The molecule has 2 unspecified atom stereocenters. The van der Waals surface area contributed by atoms with Gasteiger partial charge < -0.3 is 4.74 Å². The van der Waals surface area contributed by atoms with Gasteiger partial charge in [-0.2, -0.15) is 0 Å². The van der Waals surface area contributed by atoms with E-state index in [-0.39, 0.29) is 5.60 Å². The highest BCUT2D eigenvalue weighted by Gasteiger charge is 2.43. The van der Waals surface area contributed by atoms with Crippen LogP contribution in [0.15, 0.2) is 0 Å². The van der Waals surface area contributed by atoms with E-state index in [0.717, 1.165) is 12.5 Å². The molecule has 1 aliphatic rings. The molecule has 48 valence electrons. The molecule has 0 amide bonds. The molecular formula is C7H14O. The van der Waals surface area contributed by atoms with E-state index < -0.39 is 0 Å². The predicted molar refractivity (Wildman–Crippen MR) is 33.8 cm³/mol. The number of rotatable bonds is 2. The second-order valence-corrected chi connectivity index (χ2v) is 2.91. The Labute approximate surface area is 51.0 Å². The second kappa shape index (κ2) is 1.73. The Balaban J connectivity index is 2.34. The van der Waals surface area contributed by atoms with Crippen molar-refractivity contribution < 1.29 is 4.74 Å². The minimum atomic E-state index is 0.259. The Morgan fingerprint density at radius 2 is 2.25 bits per heavy atom. The molecule has 0 spiro atoms.